The van der Waals surface area contributed by atoms with Gasteiger partial charge in [-0.1, -0.05) is 12.5 Å². The van der Waals surface area contributed by atoms with Crippen molar-refractivity contribution in [1.29, 1.82) is 0 Å². The van der Waals surface area contributed by atoms with Gasteiger partial charge < -0.3 is 10.6 Å². The molecule has 1 fully saturated rings. The predicted molar refractivity (Wildman–Crippen MR) is 67.4 cm³/mol. The zero-order valence-electron chi connectivity index (χ0n) is 10.0. The molecule has 0 amide bonds. The molecule has 1 aliphatic carbocycles. The molecule has 2 rings (SSSR count). The van der Waals surface area contributed by atoms with E-state index in [0.717, 1.165) is 30.4 Å². The molecule has 3 heteroatoms. The van der Waals surface area contributed by atoms with Crippen molar-refractivity contribution in [2.24, 2.45) is 11.7 Å². The molecule has 1 aromatic heterocycles. The van der Waals surface area contributed by atoms with Crippen LogP contribution >= 0.6 is 0 Å². The Labute approximate surface area is 97.7 Å². The van der Waals surface area contributed by atoms with E-state index in [9.17, 15) is 0 Å². The van der Waals surface area contributed by atoms with Crippen LogP contribution in [0.3, 0.4) is 0 Å². The standard InChI is InChI=1S/C13H21N3/c1-2-16(10-11-4-3-5-11)13-7-6-12(8-14)9-15-13/h6-7,9,11H,2-5,8,10,14H2,1H3. The van der Waals surface area contributed by atoms with Gasteiger partial charge in [0.05, 0.1) is 0 Å². The number of pyridine rings is 1. The van der Waals surface area contributed by atoms with Crippen LogP contribution in [0, 0.1) is 5.92 Å². The molecule has 1 aliphatic rings. The lowest BCUT2D eigenvalue weighted by Crippen LogP contribution is -2.32. The SMILES string of the molecule is CCN(CC1CCC1)c1ccc(CN)cn1. The monoisotopic (exact) mass is 219 g/mol. The number of hydrogen-bond acceptors (Lipinski definition) is 3. The van der Waals surface area contributed by atoms with Crippen LogP contribution in [0.2, 0.25) is 0 Å². The van der Waals surface area contributed by atoms with E-state index < -0.39 is 0 Å². The summed E-state index contributed by atoms with van der Waals surface area (Å²) < 4.78 is 0. The van der Waals surface area contributed by atoms with Crippen molar-refractivity contribution in [3.8, 4) is 0 Å². The van der Waals surface area contributed by atoms with Crippen LogP contribution in [0.4, 0.5) is 5.82 Å². The zero-order chi connectivity index (χ0) is 11.4. The average molecular weight is 219 g/mol. The molecule has 0 aliphatic heterocycles. The zero-order valence-corrected chi connectivity index (χ0v) is 10.0. The molecule has 0 spiro atoms. The molecule has 0 atom stereocenters. The summed E-state index contributed by atoms with van der Waals surface area (Å²) in [6, 6.07) is 4.16. The number of anilines is 1. The molecule has 1 aromatic rings. The predicted octanol–water partition coefficient (Wildman–Crippen LogP) is 2.17. The van der Waals surface area contributed by atoms with Gasteiger partial charge in [-0.25, -0.2) is 4.98 Å². The van der Waals surface area contributed by atoms with E-state index in [-0.39, 0.29) is 0 Å². The van der Waals surface area contributed by atoms with Gasteiger partial charge in [-0.3, -0.25) is 0 Å². The van der Waals surface area contributed by atoms with E-state index in [0.29, 0.717) is 6.54 Å². The second-order valence-corrected chi connectivity index (χ2v) is 4.56. The van der Waals surface area contributed by atoms with Crippen molar-refractivity contribution in [2.75, 3.05) is 18.0 Å². The lowest BCUT2D eigenvalue weighted by Gasteiger charge is -2.32. The summed E-state index contributed by atoms with van der Waals surface area (Å²) in [7, 11) is 0. The molecule has 1 heterocycles. The van der Waals surface area contributed by atoms with Gasteiger partial charge in [0.1, 0.15) is 5.82 Å². The van der Waals surface area contributed by atoms with Gasteiger partial charge in [0.15, 0.2) is 0 Å². The summed E-state index contributed by atoms with van der Waals surface area (Å²) in [5, 5.41) is 0. The van der Waals surface area contributed by atoms with Gasteiger partial charge in [0.25, 0.3) is 0 Å². The summed E-state index contributed by atoms with van der Waals surface area (Å²) in [5.41, 5.74) is 6.67. The maximum absolute atomic E-state index is 5.57. The fourth-order valence-corrected chi connectivity index (χ4v) is 2.10. The van der Waals surface area contributed by atoms with Crippen molar-refractivity contribution in [1.82, 2.24) is 4.98 Å². The van der Waals surface area contributed by atoms with Crippen LogP contribution in [0.15, 0.2) is 18.3 Å². The Morgan fingerprint density at radius 2 is 2.25 bits per heavy atom. The summed E-state index contributed by atoms with van der Waals surface area (Å²) in [6.07, 6.45) is 6.06. The first-order valence-corrected chi connectivity index (χ1v) is 6.23. The Morgan fingerprint density at radius 1 is 1.44 bits per heavy atom. The fourth-order valence-electron chi connectivity index (χ4n) is 2.10. The Bertz CT molecular complexity index is 316. The largest absolute Gasteiger partial charge is 0.357 e. The highest BCUT2D eigenvalue weighted by Gasteiger charge is 2.20. The van der Waals surface area contributed by atoms with E-state index in [1.165, 1.54) is 19.3 Å². The van der Waals surface area contributed by atoms with Crippen LogP contribution in [0.25, 0.3) is 0 Å². The highest BCUT2D eigenvalue weighted by Crippen LogP contribution is 2.28. The van der Waals surface area contributed by atoms with E-state index in [4.69, 9.17) is 5.73 Å². The Hall–Kier alpha value is -1.09. The van der Waals surface area contributed by atoms with E-state index in [1.807, 2.05) is 6.20 Å². The van der Waals surface area contributed by atoms with Crippen LogP contribution in [0.5, 0.6) is 0 Å². The van der Waals surface area contributed by atoms with E-state index in [2.05, 4.69) is 28.9 Å². The number of rotatable bonds is 5. The van der Waals surface area contributed by atoms with Gasteiger partial charge in [-0.15, -0.1) is 0 Å². The third-order valence-corrected chi connectivity index (χ3v) is 3.45. The van der Waals surface area contributed by atoms with Gasteiger partial charge in [-0.05, 0) is 37.3 Å². The van der Waals surface area contributed by atoms with Crippen molar-refractivity contribution >= 4 is 5.82 Å². The van der Waals surface area contributed by atoms with Gasteiger partial charge >= 0.3 is 0 Å². The molecular formula is C13H21N3. The average Bonchev–Trinajstić information content (AvgIpc) is 2.28. The Kier molecular flexibility index (Phi) is 3.78. The topological polar surface area (TPSA) is 42.1 Å². The first-order chi connectivity index (χ1) is 7.83. The summed E-state index contributed by atoms with van der Waals surface area (Å²) in [5.74, 6) is 1.97. The number of nitrogens with zero attached hydrogens (tertiary/aromatic N) is 2. The maximum atomic E-state index is 5.57. The molecule has 0 bridgehead atoms. The first-order valence-electron chi connectivity index (χ1n) is 6.23. The van der Waals surface area contributed by atoms with Gasteiger partial charge in [0.2, 0.25) is 0 Å². The first kappa shape index (κ1) is 11.4. The Balaban J connectivity index is 2.00. The van der Waals surface area contributed by atoms with Gasteiger partial charge in [-0.2, -0.15) is 0 Å². The van der Waals surface area contributed by atoms with Crippen molar-refractivity contribution in [2.45, 2.75) is 32.7 Å². The lowest BCUT2D eigenvalue weighted by atomic mass is 9.85. The molecule has 3 nitrogen and oxygen atoms in total. The highest BCUT2D eigenvalue weighted by atomic mass is 15.2. The van der Waals surface area contributed by atoms with Gasteiger partial charge in [0, 0.05) is 25.8 Å². The number of hydrogen-bond donors (Lipinski definition) is 1. The van der Waals surface area contributed by atoms with E-state index in [1.54, 1.807) is 0 Å². The minimum atomic E-state index is 0.571. The third-order valence-electron chi connectivity index (χ3n) is 3.45. The quantitative estimate of drug-likeness (QED) is 0.825. The third kappa shape index (κ3) is 2.53. The molecule has 0 radical (unpaired) electrons. The second-order valence-electron chi connectivity index (χ2n) is 4.56. The number of aromatic nitrogens is 1. The summed E-state index contributed by atoms with van der Waals surface area (Å²) in [6.45, 7) is 4.95. The second kappa shape index (κ2) is 5.30. The minimum Gasteiger partial charge on any atom is -0.357 e. The minimum absolute atomic E-state index is 0.571. The van der Waals surface area contributed by atoms with Crippen molar-refractivity contribution in [3.63, 3.8) is 0 Å². The smallest absolute Gasteiger partial charge is 0.128 e. The number of nitrogens with two attached hydrogens (primary N) is 1. The molecule has 1 saturated carbocycles. The van der Waals surface area contributed by atoms with Crippen molar-refractivity contribution in [3.05, 3.63) is 23.9 Å². The molecule has 0 saturated heterocycles. The van der Waals surface area contributed by atoms with Crippen LogP contribution in [-0.4, -0.2) is 18.1 Å². The fraction of sp³-hybridized carbons (Fsp3) is 0.615. The van der Waals surface area contributed by atoms with Crippen LogP contribution < -0.4 is 10.6 Å². The summed E-state index contributed by atoms with van der Waals surface area (Å²) >= 11 is 0. The molecule has 16 heavy (non-hydrogen) atoms. The molecular weight excluding hydrogens is 198 g/mol. The van der Waals surface area contributed by atoms with Crippen LogP contribution in [-0.2, 0) is 6.54 Å². The van der Waals surface area contributed by atoms with E-state index >= 15 is 0 Å². The Morgan fingerprint density at radius 3 is 2.69 bits per heavy atom. The highest BCUT2D eigenvalue weighted by molar-refractivity contribution is 5.39. The molecule has 2 N–H and O–H groups in total. The van der Waals surface area contributed by atoms with Crippen molar-refractivity contribution < 1.29 is 0 Å². The molecule has 0 unspecified atom stereocenters. The maximum Gasteiger partial charge on any atom is 0.128 e. The molecule has 0 aromatic carbocycles. The normalized spacial score (nSPS) is 15.9. The lowest BCUT2D eigenvalue weighted by molar-refractivity contribution is 0.318. The summed E-state index contributed by atoms with van der Waals surface area (Å²) in [4.78, 5) is 6.84. The van der Waals surface area contributed by atoms with Crippen LogP contribution in [0.1, 0.15) is 31.7 Å². The molecule has 88 valence electrons.